The highest BCUT2D eigenvalue weighted by atomic mass is 35.5. The quantitative estimate of drug-likeness (QED) is 0.410. The number of carbonyl (C=O) groups excluding carboxylic acids is 1. The third-order valence-electron chi connectivity index (χ3n) is 6.64. The number of benzene rings is 2. The van der Waals surface area contributed by atoms with Crippen LogP contribution < -0.4 is 15.1 Å². The van der Waals surface area contributed by atoms with Crippen LogP contribution in [0.4, 0.5) is 11.4 Å². The van der Waals surface area contributed by atoms with E-state index < -0.39 is 0 Å². The van der Waals surface area contributed by atoms with E-state index in [-0.39, 0.29) is 5.91 Å². The molecule has 0 saturated carbocycles. The van der Waals surface area contributed by atoms with Gasteiger partial charge in [0.05, 0.1) is 5.69 Å². The third-order valence-corrected chi connectivity index (χ3v) is 6.88. The normalized spacial score (nSPS) is 13.9. The van der Waals surface area contributed by atoms with Crippen LogP contribution in [0.3, 0.4) is 0 Å². The van der Waals surface area contributed by atoms with Crippen molar-refractivity contribution < 1.29 is 4.79 Å². The number of hydrogen-bond acceptors (Lipinski definition) is 4. The van der Waals surface area contributed by atoms with E-state index in [2.05, 4.69) is 75.6 Å². The number of fused-ring (bicyclic) bond motifs is 1. The van der Waals surface area contributed by atoms with Gasteiger partial charge >= 0.3 is 0 Å². The zero-order valence-corrected chi connectivity index (χ0v) is 20.9. The van der Waals surface area contributed by atoms with Gasteiger partial charge in [-0.05, 0) is 49.2 Å². The lowest BCUT2D eigenvalue weighted by Crippen LogP contribution is -2.46. The van der Waals surface area contributed by atoms with E-state index in [1.54, 1.807) is 22.7 Å². The molecule has 1 fully saturated rings. The van der Waals surface area contributed by atoms with Gasteiger partial charge in [-0.1, -0.05) is 48.4 Å². The van der Waals surface area contributed by atoms with Gasteiger partial charge in [-0.25, -0.2) is 4.98 Å². The largest absolute Gasteiger partial charge is 0.368 e. The first kappa shape index (κ1) is 23.2. The van der Waals surface area contributed by atoms with Crippen LogP contribution in [0.2, 0.25) is 5.02 Å². The van der Waals surface area contributed by atoms with Gasteiger partial charge in [0, 0.05) is 61.4 Å². The molecule has 0 aliphatic carbocycles. The average Bonchev–Trinajstić information content (AvgIpc) is 3.26. The van der Waals surface area contributed by atoms with E-state index in [1.165, 1.54) is 16.9 Å². The summed E-state index contributed by atoms with van der Waals surface area (Å²) in [6, 6.07) is 20.8. The number of pyridine rings is 1. The lowest BCUT2D eigenvalue weighted by atomic mass is 10.1. The Morgan fingerprint density at radius 2 is 1.54 bits per heavy atom. The van der Waals surface area contributed by atoms with Crippen molar-refractivity contribution in [2.75, 3.05) is 36.0 Å². The summed E-state index contributed by atoms with van der Waals surface area (Å²) in [5.74, 6) is -0.132. The third kappa shape index (κ3) is 4.98. The number of carbonyl (C=O) groups is 1. The maximum atomic E-state index is 13.0. The summed E-state index contributed by atoms with van der Waals surface area (Å²) in [5, 5.41) is 3.66. The van der Waals surface area contributed by atoms with Crippen molar-refractivity contribution in [1.29, 1.82) is 0 Å². The zero-order chi connectivity index (χ0) is 24.4. The van der Waals surface area contributed by atoms with Crippen LogP contribution in [-0.2, 0) is 13.0 Å². The van der Waals surface area contributed by atoms with Crippen LogP contribution in [0.5, 0.6) is 0 Å². The molecule has 0 radical (unpaired) electrons. The van der Waals surface area contributed by atoms with Crippen LogP contribution in [0.15, 0.2) is 66.9 Å². The van der Waals surface area contributed by atoms with Crippen molar-refractivity contribution in [1.82, 2.24) is 14.7 Å². The molecule has 4 aromatic rings. The predicted octanol–water partition coefficient (Wildman–Crippen LogP) is 5.12. The van der Waals surface area contributed by atoms with E-state index in [0.29, 0.717) is 29.3 Å². The van der Waals surface area contributed by atoms with Crippen molar-refractivity contribution in [2.45, 2.75) is 26.8 Å². The highest BCUT2D eigenvalue weighted by molar-refractivity contribution is 6.30. The Bertz CT molecular complexity index is 1320. The molecule has 2 aromatic carbocycles. The number of imidazole rings is 1. The number of nitrogens with zero attached hydrogens (tertiary/aromatic N) is 4. The molecule has 1 aliphatic heterocycles. The maximum Gasteiger partial charge on any atom is 0.270 e. The van der Waals surface area contributed by atoms with Crippen LogP contribution >= 0.6 is 11.6 Å². The van der Waals surface area contributed by atoms with Gasteiger partial charge in [-0.3, -0.25) is 9.20 Å². The molecular weight excluding hydrogens is 458 g/mol. The van der Waals surface area contributed by atoms with Crippen LogP contribution in [0.25, 0.3) is 5.65 Å². The highest BCUT2D eigenvalue weighted by Gasteiger charge is 2.19. The number of rotatable bonds is 6. The number of nitrogens with one attached hydrogen (secondary N) is 1. The number of halogens is 1. The number of anilines is 2. The van der Waals surface area contributed by atoms with E-state index in [9.17, 15) is 4.79 Å². The van der Waals surface area contributed by atoms with E-state index in [1.807, 2.05) is 6.92 Å². The monoisotopic (exact) mass is 487 g/mol. The van der Waals surface area contributed by atoms with Gasteiger partial charge in [-0.2, -0.15) is 0 Å². The fourth-order valence-electron chi connectivity index (χ4n) is 4.62. The Morgan fingerprint density at radius 1 is 0.943 bits per heavy atom. The van der Waals surface area contributed by atoms with Gasteiger partial charge in [0.2, 0.25) is 0 Å². The van der Waals surface area contributed by atoms with Crippen molar-refractivity contribution >= 4 is 34.5 Å². The lowest BCUT2D eigenvalue weighted by Gasteiger charge is -2.37. The molecule has 7 heteroatoms. The van der Waals surface area contributed by atoms with Gasteiger partial charge in [0.1, 0.15) is 11.3 Å². The SMILES string of the molecule is CCc1nc2cc(Cl)ccn2c1C(=O)NCc1ccc(N2CCN(c3ccc(C)cc3)CC2)cc1. The molecule has 3 heterocycles. The summed E-state index contributed by atoms with van der Waals surface area (Å²) in [4.78, 5) is 22.5. The lowest BCUT2D eigenvalue weighted by molar-refractivity contribution is 0.0944. The van der Waals surface area contributed by atoms with Crippen LogP contribution in [-0.4, -0.2) is 41.5 Å². The molecule has 5 rings (SSSR count). The minimum Gasteiger partial charge on any atom is -0.368 e. The first-order chi connectivity index (χ1) is 17.0. The molecule has 2 aromatic heterocycles. The number of amides is 1. The standard InChI is InChI=1S/C28H30ClN5O/c1-3-25-27(34-13-12-22(29)18-26(34)31-25)28(35)30-19-21-6-10-24(11-7-21)33-16-14-32(15-17-33)23-8-4-20(2)5-9-23/h4-13,18H,3,14-17,19H2,1-2H3,(H,30,35). The van der Waals surface area contributed by atoms with Crippen LogP contribution in [0, 0.1) is 6.92 Å². The van der Waals surface area contributed by atoms with Gasteiger partial charge in [0.15, 0.2) is 0 Å². The predicted molar refractivity (Wildman–Crippen MR) is 143 cm³/mol. The Balaban J connectivity index is 1.19. The van der Waals surface area contributed by atoms with Crippen LogP contribution in [0.1, 0.15) is 34.2 Å². The Kier molecular flexibility index (Phi) is 6.64. The molecular formula is C28H30ClN5O. The first-order valence-corrected chi connectivity index (χ1v) is 12.5. The number of aryl methyl sites for hydroxylation is 2. The summed E-state index contributed by atoms with van der Waals surface area (Å²) in [5.41, 5.74) is 6.89. The molecule has 0 atom stereocenters. The smallest absolute Gasteiger partial charge is 0.270 e. The molecule has 0 spiro atoms. The van der Waals surface area contributed by atoms with E-state index in [4.69, 9.17) is 11.6 Å². The second kappa shape index (κ2) is 10.0. The molecule has 0 unspecified atom stereocenters. The van der Waals surface area contributed by atoms with Crippen molar-refractivity contribution in [3.63, 3.8) is 0 Å². The summed E-state index contributed by atoms with van der Waals surface area (Å²) in [6.07, 6.45) is 2.47. The molecule has 6 nitrogen and oxygen atoms in total. The summed E-state index contributed by atoms with van der Waals surface area (Å²) < 4.78 is 1.80. The topological polar surface area (TPSA) is 52.9 Å². The first-order valence-electron chi connectivity index (χ1n) is 12.1. The number of hydrogen-bond donors (Lipinski definition) is 1. The molecule has 1 N–H and O–H groups in total. The summed E-state index contributed by atoms with van der Waals surface area (Å²) in [7, 11) is 0. The maximum absolute atomic E-state index is 13.0. The molecule has 1 amide bonds. The second-order valence-electron chi connectivity index (χ2n) is 8.99. The number of aromatic nitrogens is 2. The Morgan fingerprint density at radius 3 is 2.14 bits per heavy atom. The molecule has 1 aliphatic rings. The number of piperazine rings is 1. The van der Waals surface area contributed by atoms with Gasteiger partial charge in [-0.15, -0.1) is 0 Å². The fourth-order valence-corrected chi connectivity index (χ4v) is 4.78. The molecule has 35 heavy (non-hydrogen) atoms. The Labute approximate surface area is 211 Å². The molecule has 1 saturated heterocycles. The van der Waals surface area contributed by atoms with Gasteiger partial charge < -0.3 is 15.1 Å². The van der Waals surface area contributed by atoms with Crippen molar-refractivity contribution in [3.05, 3.63) is 94.4 Å². The summed E-state index contributed by atoms with van der Waals surface area (Å²) >= 11 is 6.09. The zero-order valence-electron chi connectivity index (χ0n) is 20.2. The Hall–Kier alpha value is -3.51. The van der Waals surface area contributed by atoms with Gasteiger partial charge in [0.25, 0.3) is 5.91 Å². The highest BCUT2D eigenvalue weighted by Crippen LogP contribution is 2.22. The fraction of sp³-hybridized carbons (Fsp3) is 0.286. The minimum atomic E-state index is -0.132. The minimum absolute atomic E-state index is 0.132. The summed E-state index contributed by atoms with van der Waals surface area (Å²) in [6.45, 7) is 8.57. The van der Waals surface area contributed by atoms with E-state index >= 15 is 0 Å². The van der Waals surface area contributed by atoms with Crippen molar-refractivity contribution in [2.24, 2.45) is 0 Å². The second-order valence-corrected chi connectivity index (χ2v) is 9.43. The van der Waals surface area contributed by atoms with Crippen molar-refractivity contribution in [3.8, 4) is 0 Å². The molecule has 180 valence electrons. The van der Waals surface area contributed by atoms with E-state index in [0.717, 1.165) is 37.4 Å². The average molecular weight is 488 g/mol. The molecule has 0 bridgehead atoms.